The fraction of sp³-hybridized carbons (Fsp3) is 0.150. The molecule has 0 saturated carbocycles. The quantitative estimate of drug-likeness (QED) is 0.610. The van der Waals surface area contributed by atoms with Crippen molar-refractivity contribution >= 4 is 22.2 Å². The van der Waals surface area contributed by atoms with Crippen LogP contribution in [0.25, 0.3) is 16.6 Å². The molecule has 1 N–H and O–H groups in total. The maximum atomic E-state index is 13.9. The molecule has 4 aromatic rings. The van der Waals surface area contributed by atoms with E-state index in [4.69, 9.17) is 0 Å². The third-order valence-corrected chi connectivity index (χ3v) is 4.34. The van der Waals surface area contributed by atoms with Crippen molar-refractivity contribution in [1.29, 1.82) is 5.26 Å². The lowest BCUT2D eigenvalue weighted by Crippen LogP contribution is -2.08. The molecule has 0 amide bonds. The first-order valence-electron chi connectivity index (χ1n) is 8.31. The third kappa shape index (κ3) is 2.84. The van der Waals surface area contributed by atoms with E-state index in [1.807, 2.05) is 41.9 Å². The second-order valence-electron chi connectivity index (χ2n) is 6.15. The first-order chi connectivity index (χ1) is 12.7. The normalized spacial score (nSPS) is 11.0. The van der Waals surface area contributed by atoms with Gasteiger partial charge in [0.2, 0.25) is 0 Å². The zero-order chi connectivity index (χ0) is 18.1. The number of fused-ring (bicyclic) bond motifs is 2. The van der Waals surface area contributed by atoms with E-state index in [1.54, 1.807) is 0 Å². The lowest BCUT2D eigenvalue weighted by Gasteiger charge is -2.12. The number of nitrogens with zero attached hydrogens (tertiary/aromatic N) is 4. The number of nitriles is 1. The molecule has 0 spiro atoms. The van der Waals surface area contributed by atoms with Crippen molar-refractivity contribution in [3.63, 3.8) is 0 Å². The minimum absolute atomic E-state index is 0.338. The Kier molecular flexibility index (Phi) is 3.98. The molecule has 4 rings (SSSR count). The number of imidazole rings is 1. The Labute approximate surface area is 149 Å². The van der Waals surface area contributed by atoms with E-state index in [2.05, 4.69) is 21.4 Å². The highest BCUT2D eigenvalue weighted by atomic mass is 19.1. The van der Waals surface area contributed by atoms with Gasteiger partial charge in [0.1, 0.15) is 17.5 Å². The van der Waals surface area contributed by atoms with Gasteiger partial charge in [-0.1, -0.05) is 6.07 Å². The van der Waals surface area contributed by atoms with Crippen molar-refractivity contribution in [2.45, 2.75) is 13.3 Å². The van der Waals surface area contributed by atoms with Gasteiger partial charge in [-0.2, -0.15) is 5.26 Å². The summed E-state index contributed by atoms with van der Waals surface area (Å²) in [5.41, 5.74) is 4.30. The van der Waals surface area contributed by atoms with Crippen molar-refractivity contribution in [3.05, 3.63) is 71.6 Å². The Balaban J connectivity index is 1.63. The summed E-state index contributed by atoms with van der Waals surface area (Å²) in [6.45, 7) is 2.39. The molecule has 0 radical (unpaired) electrons. The summed E-state index contributed by atoms with van der Waals surface area (Å²) >= 11 is 0. The van der Waals surface area contributed by atoms with E-state index in [0.717, 1.165) is 16.9 Å². The van der Waals surface area contributed by atoms with Crippen LogP contribution in [0.5, 0.6) is 0 Å². The SMILES string of the molecule is Cc1cc(F)cc2c(NCCc3cn4ccccc4n3)c(C#N)cnc12. The monoisotopic (exact) mass is 345 g/mol. The standard InChI is InChI=1S/C20H16FN5/c1-13-8-15(21)9-17-19(13)24-11-14(10-22)20(17)23-6-5-16-12-26-7-3-2-4-18(26)25-16/h2-4,7-9,11-12H,5-6H2,1H3,(H,23,24). The highest BCUT2D eigenvalue weighted by molar-refractivity contribution is 5.95. The predicted octanol–water partition coefficient (Wildman–Crippen LogP) is 3.86. The number of hydrogen-bond acceptors (Lipinski definition) is 4. The molecule has 0 bridgehead atoms. The summed E-state index contributed by atoms with van der Waals surface area (Å²) in [5, 5.41) is 13.3. The van der Waals surface area contributed by atoms with Gasteiger partial charge >= 0.3 is 0 Å². The van der Waals surface area contributed by atoms with Crippen LogP contribution >= 0.6 is 0 Å². The molecular formula is C20H16FN5. The molecule has 128 valence electrons. The smallest absolute Gasteiger partial charge is 0.136 e. The molecule has 3 heterocycles. The van der Waals surface area contributed by atoms with Crippen LogP contribution in [0.15, 0.2) is 48.9 Å². The van der Waals surface area contributed by atoms with Gasteiger partial charge in [0.05, 0.1) is 22.5 Å². The number of pyridine rings is 2. The number of rotatable bonds is 4. The summed E-state index contributed by atoms with van der Waals surface area (Å²) in [7, 11) is 0. The molecule has 26 heavy (non-hydrogen) atoms. The average molecular weight is 345 g/mol. The summed E-state index contributed by atoms with van der Waals surface area (Å²) < 4.78 is 15.8. The zero-order valence-corrected chi connectivity index (χ0v) is 14.2. The molecule has 0 aliphatic heterocycles. The first kappa shape index (κ1) is 16.0. The van der Waals surface area contributed by atoms with Crippen molar-refractivity contribution in [3.8, 4) is 6.07 Å². The van der Waals surface area contributed by atoms with Crippen LogP contribution in [0, 0.1) is 24.1 Å². The van der Waals surface area contributed by atoms with Gasteiger partial charge in [0, 0.05) is 36.9 Å². The highest BCUT2D eigenvalue weighted by Crippen LogP contribution is 2.28. The molecule has 0 aliphatic rings. The minimum atomic E-state index is -0.338. The number of halogens is 1. The minimum Gasteiger partial charge on any atom is -0.383 e. The van der Waals surface area contributed by atoms with Crippen LogP contribution in [0.4, 0.5) is 10.1 Å². The van der Waals surface area contributed by atoms with Crippen molar-refractivity contribution in [2.24, 2.45) is 0 Å². The lowest BCUT2D eigenvalue weighted by atomic mass is 10.1. The largest absolute Gasteiger partial charge is 0.383 e. The van der Waals surface area contributed by atoms with E-state index >= 15 is 0 Å². The maximum Gasteiger partial charge on any atom is 0.136 e. The molecular weight excluding hydrogens is 329 g/mol. The Hall–Kier alpha value is -3.46. The molecule has 6 heteroatoms. The molecule has 0 atom stereocenters. The summed E-state index contributed by atoms with van der Waals surface area (Å²) in [6.07, 6.45) is 6.15. The van der Waals surface area contributed by atoms with Gasteiger partial charge in [-0.25, -0.2) is 9.37 Å². The van der Waals surface area contributed by atoms with Gasteiger partial charge < -0.3 is 9.72 Å². The number of hydrogen-bond donors (Lipinski definition) is 1. The zero-order valence-electron chi connectivity index (χ0n) is 14.2. The van der Waals surface area contributed by atoms with Crippen LogP contribution in [0.1, 0.15) is 16.8 Å². The molecule has 1 aromatic carbocycles. The molecule has 0 fully saturated rings. The Morgan fingerprint density at radius 1 is 1.31 bits per heavy atom. The van der Waals surface area contributed by atoms with Gasteiger partial charge in [-0.05, 0) is 36.8 Å². The number of nitrogens with one attached hydrogen (secondary N) is 1. The van der Waals surface area contributed by atoms with E-state index in [-0.39, 0.29) is 5.82 Å². The van der Waals surface area contributed by atoms with Gasteiger partial charge in [-0.15, -0.1) is 0 Å². The molecule has 0 unspecified atom stereocenters. The molecule has 0 aliphatic carbocycles. The maximum absolute atomic E-state index is 13.9. The topological polar surface area (TPSA) is 66.0 Å². The van der Waals surface area contributed by atoms with E-state index in [0.29, 0.717) is 35.1 Å². The van der Waals surface area contributed by atoms with Crippen molar-refractivity contribution in [2.75, 3.05) is 11.9 Å². The second-order valence-corrected chi connectivity index (χ2v) is 6.15. The van der Waals surface area contributed by atoms with Crippen LogP contribution in [-0.2, 0) is 6.42 Å². The number of aryl methyl sites for hydroxylation is 1. The molecule has 3 aromatic heterocycles. The lowest BCUT2D eigenvalue weighted by molar-refractivity contribution is 0.628. The first-order valence-corrected chi connectivity index (χ1v) is 8.31. The van der Waals surface area contributed by atoms with Crippen molar-refractivity contribution < 1.29 is 4.39 Å². The summed E-state index contributed by atoms with van der Waals surface area (Å²) in [4.78, 5) is 8.87. The van der Waals surface area contributed by atoms with Gasteiger partial charge in [0.15, 0.2) is 0 Å². The van der Waals surface area contributed by atoms with Gasteiger partial charge in [-0.3, -0.25) is 4.98 Å². The van der Waals surface area contributed by atoms with Gasteiger partial charge in [0.25, 0.3) is 0 Å². The highest BCUT2D eigenvalue weighted by Gasteiger charge is 2.12. The predicted molar refractivity (Wildman–Crippen MR) is 98.5 cm³/mol. The summed E-state index contributed by atoms with van der Waals surface area (Å²) in [6, 6.07) is 10.8. The van der Waals surface area contributed by atoms with Crippen LogP contribution < -0.4 is 5.32 Å². The van der Waals surface area contributed by atoms with E-state index in [9.17, 15) is 9.65 Å². The fourth-order valence-corrected chi connectivity index (χ4v) is 3.13. The third-order valence-electron chi connectivity index (χ3n) is 4.34. The fourth-order valence-electron chi connectivity index (χ4n) is 3.13. The summed E-state index contributed by atoms with van der Waals surface area (Å²) in [5.74, 6) is -0.338. The van der Waals surface area contributed by atoms with E-state index < -0.39 is 0 Å². The molecule has 5 nitrogen and oxygen atoms in total. The number of aromatic nitrogens is 3. The van der Waals surface area contributed by atoms with Crippen LogP contribution in [-0.4, -0.2) is 20.9 Å². The van der Waals surface area contributed by atoms with Crippen LogP contribution in [0.3, 0.4) is 0 Å². The number of anilines is 1. The Bertz CT molecular complexity index is 1120. The molecule has 0 saturated heterocycles. The Morgan fingerprint density at radius 2 is 2.19 bits per heavy atom. The Morgan fingerprint density at radius 3 is 3.00 bits per heavy atom. The number of benzene rings is 1. The average Bonchev–Trinajstić information content (AvgIpc) is 3.04. The van der Waals surface area contributed by atoms with Crippen LogP contribution in [0.2, 0.25) is 0 Å². The second kappa shape index (κ2) is 6.45. The van der Waals surface area contributed by atoms with Crippen molar-refractivity contribution in [1.82, 2.24) is 14.4 Å². The van der Waals surface area contributed by atoms with E-state index in [1.165, 1.54) is 18.3 Å².